The molecule has 1 aliphatic rings. The van der Waals surface area contributed by atoms with Crippen molar-refractivity contribution >= 4 is 33.0 Å². The van der Waals surface area contributed by atoms with Gasteiger partial charge in [-0.3, -0.25) is 9.78 Å². The number of aliphatic hydroxyl groups is 1. The molecule has 5 nitrogen and oxygen atoms in total. The quantitative estimate of drug-likeness (QED) is 0.892. The van der Waals surface area contributed by atoms with Crippen LogP contribution in [0.4, 0.5) is 5.69 Å². The Kier molecular flexibility index (Phi) is 3.82. The van der Waals surface area contributed by atoms with E-state index in [1.165, 1.54) is 11.3 Å². The van der Waals surface area contributed by atoms with Crippen LogP contribution in [0.2, 0.25) is 0 Å². The highest BCUT2D eigenvalue weighted by Gasteiger charge is 2.31. The summed E-state index contributed by atoms with van der Waals surface area (Å²) in [6, 6.07) is 1.71. The molecule has 0 bridgehead atoms. The first-order valence-electron chi connectivity index (χ1n) is 7.17. The standard InChI is InChI=1S/C15H19N3O2S/c1-18(10-4-2-3-5-11(10)19)15(20)14-13(16)9-6-7-17-8-12(9)21-14/h6-8,10-11,19H,2-5,16H2,1H3. The first-order valence-corrected chi connectivity index (χ1v) is 7.98. The Hall–Kier alpha value is -1.66. The molecule has 21 heavy (non-hydrogen) atoms. The van der Waals surface area contributed by atoms with E-state index >= 15 is 0 Å². The van der Waals surface area contributed by atoms with Gasteiger partial charge in [0.25, 0.3) is 5.91 Å². The highest BCUT2D eigenvalue weighted by molar-refractivity contribution is 7.21. The molecule has 3 N–H and O–H groups in total. The SMILES string of the molecule is CN(C(=O)c1sc2cnccc2c1N)C1CCCCC1O. The van der Waals surface area contributed by atoms with E-state index in [2.05, 4.69) is 4.98 Å². The molecule has 2 aromatic rings. The van der Waals surface area contributed by atoms with Crippen LogP contribution >= 0.6 is 11.3 Å². The van der Waals surface area contributed by atoms with Gasteiger partial charge in [0, 0.05) is 24.8 Å². The Morgan fingerprint density at radius 1 is 1.48 bits per heavy atom. The molecule has 112 valence electrons. The molecule has 6 heteroatoms. The number of hydrogen-bond donors (Lipinski definition) is 2. The lowest BCUT2D eigenvalue weighted by Gasteiger charge is -2.35. The molecule has 1 amide bonds. The number of hydrogen-bond acceptors (Lipinski definition) is 5. The second-order valence-corrected chi connectivity index (χ2v) is 6.60. The number of carbonyl (C=O) groups is 1. The summed E-state index contributed by atoms with van der Waals surface area (Å²) in [5, 5.41) is 11.0. The second-order valence-electron chi connectivity index (χ2n) is 5.55. The summed E-state index contributed by atoms with van der Waals surface area (Å²) >= 11 is 1.37. The zero-order valence-electron chi connectivity index (χ0n) is 12.0. The van der Waals surface area contributed by atoms with Crippen LogP contribution in [-0.4, -0.2) is 40.1 Å². The minimum Gasteiger partial charge on any atom is -0.397 e. The summed E-state index contributed by atoms with van der Waals surface area (Å²) < 4.78 is 0.913. The number of aliphatic hydroxyl groups excluding tert-OH is 1. The lowest BCUT2D eigenvalue weighted by atomic mass is 9.91. The number of nitrogens with two attached hydrogens (primary N) is 1. The predicted molar refractivity (Wildman–Crippen MR) is 84.4 cm³/mol. The zero-order valence-corrected chi connectivity index (χ0v) is 12.8. The topological polar surface area (TPSA) is 79.5 Å². The third kappa shape index (κ3) is 2.49. The minimum absolute atomic E-state index is 0.111. The Morgan fingerprint density at radius 3 is 2.95 bits per heavy atom. The third-order valence-electron chi connectivity index (χ3n) is 4.24. The largest absolute Gasteiger partial charge is 0.397 e. The smallest absolute Gasteiger partial charge is 0.266 e. The van der Waals surface area contributed by atoms with E-state index in [0.29, 0.717) is 10.6 Å². The lowest BCUT2D eigenvalue weighted by Crippen LogP contribution is -2.46. The second kappa shape index (κ2) is 5.61. The Balaban J connectivity index is 1.91. The van der Waals surface area contributed by atoms with Crippen LogP contribution in [0.15, 0.2) is 18.5 Å². The van der Waals surface area contributed by atoms with E-state index in [1.807, 2.05) is 6.07 Å². The van der Waals surface area contributed by atoms with Gasteiger partial charge in [0.2, 0.25) is 0 Å². The predicted octanol–water partition coefficient (Wildman–Crippen LogP) is 2.25. The molecule has 1 saturated carbocycles. The Labute approximate surface area is 127 Å². The van der Waals surface area contributed by atoms with E-state index in [-0.39, 0.29) is 11.9 Å². The number of rotatable bonds is 2. The molecular weight excluding hydrogens is 286 g/mol. The molecule has 0 radical (unpaired) electrons. The van der Waals surface area contributed by atoms with Crippen molar-refractivity contribution in [3.63, 3.8) is 0 Å². The van der Waals surface area contributed by atoms with E-state index in [1.54, 1.807) is 24.3 Å². The number of pyridine rings is 1. The van der Waals surface area contributed by atoms with Crippen molar-refractivity contribution in [1.29, 1.82) is 0 Å². The molecule has 1 aliphatic carbocycles. The van der Waals surface area contributed by atoms with Crippen LogP contribution in [0.3, 0.4) is 0 Å². The highest BCUT2D eigenvalue weighted by Crippen LogP contribution is 2.34. The van der Waals surface area contributed by atoms with Gasteiger partial charge < -0.3 is 15.7 Å². The van der Waals surface area contributed by atoms with Gasteiger partial charge in [0.1, 0.15) is 4.88 Å². The van der Waals surface area contributed by atoms with Gasteiger partial charge in [-0.15, -0.1) is 11.3 Å². The molecular formula is C15H19N3O2S. The molecule has 0 spiro atoms. The average Bonchev–Trinajstić information content (AvgIpc) is 2.84. The molecule has 2 heterocycles. The fraction of sp³-hybridized carbons (Fsp3) is 0.467. The van der Waals surface area contributed by atoms with Crippen LogP contribution in [0.1, 0.15) is 35.4 Å². The third-order valence-corrected chi connectivity index (χ3v) is 5.38. The number of anilines is 1. The van der Waals surface area contributed by atoms with Gasteiger partial charge in [-0.2, -0.15) is 0 Å². The first kappa shape index (κ1) is 14.3. The molecule has 2 aromatic heterocycles. The number of carbonyl (C=O) groups excluding carboxylic acids is 1. The van der Waals surface area contributed by atoms with E-state index < -0.39 is 6.10 Å². The summed E-state index contributed by atoms with van der Waals surface area (Å²) in [5.41, 5.74) is 6.63. The average molecular weight is 305 g/mol. The van der Waals surface area contributed by atoms with Crippen LogP contribution < -0.4 is 5.73 Å². The first-order chi connectivity index (χ1) is 10.1. The summed E-state index contributed by atoms with van der Waals surface area (Å²) in [6.07, 6.45) is 6.63. The summed E-state index contributed by atoms with van der Waals surface area (Å²) in [7, 11) is 1.75. The minimum atomic E-state index is -0.440. The van der Waals surface area contributed by atoms with Crippen LogP contribution in [0.25, 0.3) is 10.1 Å². The molecule has 0 aliphatic heterocycles. The van der Waals surface area contributed by atoms with Gasteiger partial charge in [0.05, 0.1) is 22.5 Å². The number of aromatic nitrogens is 1. The maximum absolute atomic E-state index is 12.7. The van der Waals surface area contributed by atoms with Crippen molar-refractivity contribution in [2.45, 2.75) is 37.8 Å². The summed E-state index contributed by atoms with van der Waals surface area (Å²) in [4.78, 5) is 19.0. The summed E-state index contributed by atoms with van der Waals surface area (Å²) in [5.74, 6) is -0.111. The van der Waals surface area contributed by atoms with Crippen molar-refractivity contribution in [3.05, 3.63) is 23.3 Å². The van der Waals surface area contributed by atoms with E-state index in [0.717, 1.165) is 35.8 Å². The number of fused-ring (bicyclic) bond motifs is 1. The van der Waals surface area contributed by atoms with Crippen molar-refractivity contribution in [2.75, 3.05) is 12.8 Å². The molecule has 1 fully saturated rings. The maximum atomic E-state index is 12.7. The van der Waals surface area contributed by atoms with E-state index in [4.69, 9.17) is 5.73 Å². The van der Waals surface area contributed by atoms with Crippen molar-refractivity contribution in [1.82, 2.24) is 9.88 Å². The monoisotopic (exact) mass is 305 g/mol. The number of thiophene rings is 1. The Bertz CT molecular complexity index is 670. The number of nitrogens with zero attached hydrogens (tertiary/aromatic N) is 2. The highest BCUT2D eigenvalue weighted by atomic mass is 32.1. The van der Waals surface area contributed by atoms with Crippen LogP contribution in [0, 0.1) is 0 Å². The van der Waals surface area contributed by atoms with Gasteiger partial charge in [-0.05, 0) is 18.9 Å². The summed E-state index contributed by atoms with van der Waals surface area (Å²) in [6.45, 7) is 0. The molecule has 3 rings (SSSR count). The van der Waals surface area contributed by atoms with Gasteiger partial charge in [-0.1, -0.05) is 12.8 Å². The van der Waals surface area contributed by atoms with E-state index in [9.17, 15) is 9.90 Å². The number of amides is 1. The van der Waals surface area contributed by atoms with Gasteiger partial charge in [-0.25, -0.2) is 0 Å². The molecule has 0 saturated heterocycles. The van der Waals surface area contributed by atoms with Crippen molar-refractivity contribution in [2.24, 2.45) is 0 Å². The fourth-order valence-electron chi connectivity index (χ4n) is 2.98. The molecule has 0 aromatic carbocycles. The number of likely N-dealkylation sites (N-methyl/N-ethyl adjacent to an activating group) is 1. The normalized spacial score (nSPS) is 22.4. The van der Waals surface area contributed by atoms with Gasteiger partial charge >= 0.3 is 0 Å². The number of nitrogen functional groups attached to an aromatic ring is 1. The molecule has 2 atom stereocenters. The maximum Gasteiger partial charge on any atom is 0.266 e. The molecule has 2 unspecified atom stereocenters. The van der Waals surface area contributed by atoms with Crippen molar-refractivity contribution in [3.8, 4) is 0 Å². The lowest BCUT2D eigenvalue weighted by molar-refractivity contribution is 0.0271. The van der Waals surface area contributed by atoms with Gasteiger partial charge in [0.15, 0.2) is 0 Å². The zero-order chi connectivity index (χ0) is 15.0. The van der Waals surface area contributed by atoms with Crippen molar-refractivity contribution < 1.29 is 9.90 Å². The Morgan fingerprint density at radius 2 is 2.24 bits per heavy atom. The fourth-order valence-corrected chi connectivity index (χ4v) is 4.06. The van der Waals surface area contributed by atoms with Crippen LogP contribution in [0.5, 0.6) is 0 Å². The van der Waals surface area contributed by atoms with Crippen LogP contribution in [-0.2, 0) is 0 Å².